The Morgan fingerprint density at radius 1 is 0.931 bits per heavy atom. The standard InChI is InChI=1S/C21H18N2O5S/c1-23(29(25,26)16-7-3-2-4-8-16)18-10-6-5-9-17(18)21(24)22-15-11-12-19-20(13-15)28-14-27-19/h2-13H,14H2,1H3,(H,22,24). The highest BCUT2D eigenvalue weighted by Gasteiger charge is 2.25. The highest BCUT2D eigenvalue weighted by Crippen LogP contribution is 2.34. The van der Waals surface area contributed by atoms with Crippen LogP contribution in [0.15, 0.2) is 77.7 Å². The lowest BCUT2D eigenvalue weighted by Crippen LogP contribution is -2.29. The minimum absolute atomic E-state index is 0.137. The highest BCUT2D eigenvalue weighted by atomic mass is 32.2. The fourth-order valence-electron chi connectivity index (χ4n) is 2.99. The average Bonchev–Trinajstić information content (AvgIpc) is 3.21. The number of benzene rings is 3. The molecule has 0 saturated heterocycles. The number of amides is 1. The van der Waals surface area contributed by atoms with Crippen molar-refractivity contribution in [2.24, 2.45) is 0 Å². The van der Waals surface area contributed by atoms with Crippen LogP contribution in [0.1, 0.15) is 10.4 Å². The van der Waals surface area contributed by atoms with Crippen LogP contribution in [-0.2, 0) is 10.0 Å². The van der Waals surface area contributed by atoms with Crippen LogP contribution < -0.4 is 19.1 Å². The Balaban J connectivity index is 1.63. The molecule has 7 nitrogen and oxygen atoms in total. The van der Waals surface area contributed by atoms with Crippen LogP contribution in [0.4, 0.5) is 11.4 Å². The van der Waals surface area contributed by atoms with Gasteiger partial charge in [-0.05, 0) is 36.4 Å². The molecule has 1 aliphatic heterocycles. The van der Waals surface area contributed by atoms with Crippen LogP contribution in [-0.4, -0.2) is 28.2 Å². The molecule has 1 heterocycles. The molecule has 0 fully saturated rings. The average molecular weight is 410 g/mol. The number of nitrogens with zero attached hydrogens (tertiary/aromatic N) is 1. The molecule has 0 spiro atoms. The quantitative estimate of drug-likeness (QED) is 0.696. The van der Waals surface area contributed by atoms with E-state index in [1.807, 2.05) is 0 Å². The molecule has 4 rings (SSSR count). The molecule has 0 atom stereocenters. The van der Waals surface area contributed by atoms with Crippen molar-refractivity contribution in [1.29, 1.82) is 0 Å². The fraction of sp³-hybridized carbons (Fsp3) is 0.0952. The molecule has 3 aromatic rings. The third-order valence-electron chi connectivity index (χ3n) is 4.52. The first-order valence-electron chi connectivity index (χ1n) is 8.81. The summed E-state index contributed by atoms with van der Waals surface area (Å²) in [5.74, 6) is 0.714. The van der Waals surface area contributed by atoms with Crippen LogP contribution in [0.5, 0.6) is 11.5 Å². The molecule has 0 radical (unpaired) electrons. The monoisotopic (exact) mass is 410 g/mol. The predicted molar refractivity (Wildman–Crippen MR) is 109 cm³/mol. The fourth-order valence-corrected chi connectivity index (χ4v) is 4.23. The predicted octanol–water partition coefficient (Wildman–Crippen LogP) is 3.49. The zero-order valence-corrected chi connectivity index (χ0v) is 16.3. The number of sulfonamides is 1. The SMILES string of the molecule is CN(c1ccccc1C(=O)Nc1ccc2c(c1)OCO2)S(=O)(=O)c1ccccc1. The van der Waals surface area contributed by atoms with Crippen molar-refractivity contribution < 1.29 is 22.7 Å². The maximum Gasteiger partial charge on any atom is 0.264 e. The van der Waals surface area contributed by atoms with Gasteiger partial charge in [0.2, 0.25) is 6.79 Å². The normalized spacial score (nSPS) is 12.4. The largest absolute Gasteiger partial charge is 0.454 e. The Labute approximate surface area is 168 Å². The Bertz CT molecular complexity index is 1160. The third-order valence-corrected chi connectivity index (χ3v) is 6.31. The third kappa shape index (κ3) is 3.62. The molecule has 0 bridgehead atoms. The highest BCUT2D eigenvalue weighted by molar-refractivity contribution is 7.92. The number of carbonyl (C=O) groups is 1. The molecule has 0 aliphatic carbocycles. The lowest BCUT2D eigenvalue weighted by Gasteiger charge is -2.22. The maximum absolute atomic E-state index is 13.0. The molecule has 0 aromatic heterocycles. The van der Waals surface area contributed by atoms with Crippen molar-refractivity contribution in [2.75, 3.05) is 23.5 Å². The first-order valence-corrected chi connectivity index (χ1v) is 10.2. The summed E-state index contributed by atoms with van der Waals surface area (Å²) in [4.78, 5) is 13.0. The van der Waals surface area contributed by atoms with Gasteiger partial charge in [-0.2, -0.15) is 0 Å². The zero-order valence-electron chi connectivity index (χ0n) is 15.5. The second-order valence-electron chi connectivity index (χ2n) is 6.32. The van der Waals surface area contributed by atoms with E-state index in [4.69, 9.17) is 9.47 Å². The Hall–Kier alpha value is -3.52. The minimum Gasteiger partial charge on any atom is -0.454 e. The number of fused-ring (bicyclic) bond motifs is 1. The van der Waals surface area contributed by atoms with Gasteiger partial charge in [0, 0.05) is 18.8 Å². The van der Waals surface area contributed by atoms with E-state index in [0.29, 0.717) is 17.2 Å². The lowest BCUT2D eigenvalue weighted by atomic mass is 10.1. The van der Waals surface area contributed by atoms with Crippen molar-refractivity contribution in [3.8, 4) is 11.5 Å². The van der Waals surface area contributed by atoms with Gasteiger partial charge in [-0.15, -0.1) is 0 Å². The summed E-state index contributed by atoms with van der Waals surface area (Å²) in [7, 11) is -2.39. The van der Waals surface area contributed by atoms with Crippen molar-refractivity contribution in [1.82, 2.24) is 0 Å². The number of nitrogens with one attached hydrogen (secondary N) is 1. The topological polar surface area (TPSA) is 84.9 Å². The number of anilines is 2. The number of rotatable bonds is 5. The Morgan fingerprint density at radius 2 is 1.62 bits per heavy atom. The number of hydrogen-bond acceptors (Lipinski definition) is 5. The minimum atomic E-state index is -3.81. The van der Waals surface area contributed by atoms with Gasteiger partial charge in [-0.1, -0.05) is 30.3 Å². The van der Waals surface area contributed by atoms with Crippen LogP contribution in [0.25, 0.3) is 0 Å². The molecular weight excluding hydrogens is 392 g/mol. The number of hydrogen-bond donors (Lipinski definition) is 1. The molecular formula is C21H18N2O5S. The second kappa shape index (κ2) is 7.48. The van der Waals surface area contributed by atoms with E-state index in [2.05, 4.69) is 5.32 Å². The van der Waals surface area contributed by atoms with Gasteiger partial charge in [-0.3, -0.25) is 9.10 Å². The van der Waals surface area contributed by atoms with Crippen LogP contribution >= 0.6 is 0 Å². The van der Waals surface area contributed by atoms with Gasteiger partial charge >= 0.3 is 0 Å². The Kier molecular flexibility index (Phi) is 4.85. The molecule has 0 saturated carbocycles. The number of carbonyl (C=O) groups excluding carboxylic acids is 1. The van der Waals surface area contributed by atoms with E-state index in [1.54, 1.807) is 60.7 Å². The van der Waals surface area contributed by atoms with E-state index in [1.165, 1.54) is 19.2 Å². The van der Waals surface area contributed by atoms with Gasteiger partial charge in [-0.25, -0.2) is 8.42 Å². The van der Waals surface area contributed by atoms with Gasteiger partial charge in [0.05, 0.1) is 16.1 Å². The van der Waals surface area contributed by atoms with Crippen molar-refractivity contribution in [2.45, 2.75) is 4.90 Å². The van der Waals surface area contributed by atoms with Crippen LogP contribution in [0.3, 0.4) is 0 Å². The molecule has 148 valence electrons. The summed E-state index contributed by atoms with van der Waals surface area (Å²) in [6, 6.07) is 19.7. The van der Waals surface area contributed by atoms with Gasteiger partial charge < -0.3 is 14.8 Å². The Morgan fingerprint density at radius 3 is 2.41 bits per heavy atom. The number of para-hydroxylation sites is 1. The summed E-state index contributed by atoms with van der Waals surface area (Å²) < 4.78 is 37.6. The summed E-state index contributed by atoms with van der Waals surface area (Å²) in [5, 5.41) is 2.78. The van der Waals surface area contributed by atoms with Crippen molar-refractivity contribution in [3.05, 3.63) is 78.4 Å². The summed E-state index contributed by atoms with van der Waals surface area (Å²) in [6.07, 6.45) is 0. The van der Waals surface area contributed by atoms with Gasteiger partial charge in [0.15, 0.2) is 11.5 Å². The van der Waals surface area contributed by atoms with E-state index >= 15 is 0 Å². The van der Waals surface area contributed by atoms with Crippen LogP contribution in [0.2, 0.25) is 0 Å². The number of ether oxygens (including phenoxy) is 2. The summed E-state index contributed by atoms with van der Waals surface area (Å²) in [5.41, 5.74) is 1.02. The van der Waals surface area contributed by atoms with Crippen molar-refractivity contribution >= 4 is 27.3 Å². The van der Waals surface area contributed by atoms with E-state index in [9.17, 15) is 13.2 Å². The first-order chi connectivity index (χ1) is 14.0. The molecule has 1 N–H and O–H groups in total. The smallest absolute Gasteiger partial charge is 0.264 e. The first kappa shape index (κ1) is 18.8. The van der Waals surface area contributed by atoms with Gasteiger partial charge in [0.1, 0.15) is 0 Å². The van der Waals surface area contributed by atoms with Crippen molar-refractivity contribution in [3.63, 3.8) is 0 Å². The molecule has 0 unspecified atom stereocenters. The molecule has 29 heavy (non-hydrogen) atoms. The van der Waals surface area contributed by atoms with Gasteiger partial charge in [0.25, 0.3) is 15.9 Å². The van der Waals surface area contributed by atoms with E-state index in [-0.39, 0.29) is 22.9 Å². The molecule has 1 amide bonds. The van der Waals surface area contributed by atoms with Crippen LogP contribution in [0, 0.1) is 0 Å². The zero-order chi connectivity index (χ0) is 20.4. The second-order valence-corrected chi connectivity index (χ2v) is 8.29. The maximum atomic E-state index is 13.0. The summed E-state index contributed by atoms with van der Waals surface area (Å²) >= 11 is 0. The summed E-state index contributed by atoms with van der Waals surface area (Å²) in [6.45, 7) is 0.137. The van der Waals surface area contributed by atoms with E-state index < -0.39 is 15.9 Å². The van der Waals surface area contributed by atoms with E-state index in [0.717, 1.165) is 4.31 Å². The molecule has 8 heteroatoms. The molecule has 1 aliphatic rings. The lowest BCUT2D eigenvalue weighted by molar-refractivity contribution is 0.102. The molecule has 3 aromatic carbocycles.